The van der Waals surface area contributed by atoms with E-state index in [4.69, 9.17) is 0 Å². The molecule has 0 bridgehead atoms. The van der Waals surface area contributed by atoms with Crippen molar-refractivity contribution in [3.8, 4) is 0 Å². The van der Waals surface area contributed by atoms with Crippen LogP contribution in [-0.4, -0.2) is 34.8 Å². The van der Waals surface area contributed by atoms with E-state index in [2.05, 4.69) is 51.6 Å². The van der Waals surface area contributed by atoms with Gasteiger partial charge in [0.15, 0.2) is 0 Å². The fourth-order valence-corrected chi connectivity index (χ4v) is 2.64. The molecule has 1 aliphatic carbocycles. The number of aliphatic hydroxyl groups excluding tert-OH is 1. The van der Waals surface area contributed by atoms with Gasteiger partial charge >= 0.3 is 0 Å². The van der Waals surface area contributed by atoms with Gasteiger partial charge in [-0.05, 0) is 34.7 Å². The lowest BCUT2D eigenvalue weighted by atomic mass is 9.82. The Morgan fingerprint density at radius 1 is 1.37 bits per heavy atom. The van der Waals surface area contributed by atoms with Crippen molar-refractivity contribution in [2.75, 3.05) is 18.5 Å². The van der Waals surface area contributed by atoms with Crippen LogP contribution in [0.4, 0.5) is 5.82 Å². The lowest BCUT2D eigenvalue weighted by Crippen LogP contribution is -2.37. The molecule has 0 aliphatic heterocycles. The van der Waals surface area contributed by atoms with Gasteiger partial charge in [0.1, 0.15) is 16.2 Å². The summed E-state index contributed by atoms with van der Waals surface area (Å²) in [7, 11) is 2.05. The second-order valence-electron chi connectivity index (χ2n) is 6.49. The number of hydrogen-bond donors (Lipinski definition) is 1. The van der Waals surface area contributed by atoms with E-state index in [0.29, 0.717) is 5.92 Å². The summed E-state index contributed by atoms with van der Waals surface area (Å²) in [6.07, 6.45) is 1.71. The van der Waals surface area contributed by atoms with Gasteiger partial charge < -0.3 is 10.0 Å². The van der Waals surface area contributed by atoms with Crippen molar-refractivity contribution in [1.29, 1.82) is 0 Å². The van der Waals surface area contributed by atoms with Crippen LogP contribution in [0.5, 0.6) is 0 Å². The van der Waals surface area contributed by atoms with Crippen molar-refractivity contribution < 1.29 is 5.11 Å². The molecule has 1 heterocycles. The molecule has 0 spiro atoms. The quantitative estimate of drug-likeness (QED) is 0.867. The Morgan fingerprint density at radius 2 is 2.00 bits per heavy atom. The molecule has 19 heavy (non-hydrogen) atoms. The summed E-state index contributed by atoms with van der Waals surface area (Å²) in [6, 6.07) is 1.95. The van der Waals surface area contributed by atoms with Crippen molar-refractivity contribution in [2.45, 2.75) is 45.1 Å². The zero-order valence-electron chi connectivity index (χ0n) is 12.0. The van der Waals surface area contributed by atoms with Crippen molar-refractivity contribution in [3.05, 3.63) is 16.5 Å². The van der Waals surface area contributed by atoms with Gasteiger partial charge in [-0.15, -0.1) is 0 Å². The van der Waals surface area contributed by atoms with E-state index in [1.54, 1.807) is 0 Å². The van der Waals surface area contributed by atoms with E-state index < -0.39 is 0 Å². The highest BCUT2D eigenvalue weighted by Gasteiger charge is 2.28. The van der Waals surface area contributed by atoms with E-state index in [1.807, 2.05) is 13.1 Å². The number of anilines is 1. The monoisotopic (exact) mass is 327 g/mol. The first kappa shape index (κ1) is 14.7. The Morgan fingerprint density at radius 3 is 2.53 bits per heavy atom. The number of halogens is 1. The maximum atomic E-state index is 9.35. The molecule has 0 aromatic carbocycles. The van der Waals surface area contributed by atoms with Gasteiger partial charge in [0, 0.05) is 25.1 Å². The molecule has 1 N–H and O–H groups in total. The highest BCUT2D eigenvalue weighted by atomic mass is 79.9. The van der Waals surface area contributed by atoms with E-state index >= 15 is 0 Å². The summed E-state index contributed by atoms with van der Waals surface area (Å²) in [4.78, 5) is 11.3. The minimum Gasteiger partial charge on any atom is -0.393 e. The van der Waals surface area contributed by atoms with Gasteiger partial charge in [-0.1, -0.05) is 20.8 Å². The Labute approximate surface area is 123 Å². The summed E-state index contributed by atoms with van der Waals surface area (Å²) >= 11 is 3.46. The first-order chi connectivity index (χ1) is 8.75. The molecular weight excluding hydrogens is 306 g/mol. The summed E-state index contributed by atoms with van der Waals surface area (Å²) in [5.41, 5.74) is -0.0635. The minimum absolute atomic E-state index is 0.0635. The van der Waals surface area contributed by atoms with Gasteiger partial charge in [0.05, 0.1) is 6.10 Å². The van der Waals surface area contributed by atoms with Crippen molar-refractivity contribution in [3.63, 3.8) is 0 Å². The number of aromatic nitrogens is 2. The zero-order valence-corrected chi connectivity index (χ0v) is 13.6. The van der Waals surface area contributed by atoms with Crippen LogP contribution in [0.2, 0.25) is 0 Å². The molecular formula is C14H22BrN3O. The first-order valence-corrected chi connectivity index (χ1v) is 7.49. The third kappa shape index (κ3) is 3.66. The lowest BCUT2D eigenvalue weighted by Gasteiger charge is -2.35. The Bertz CT molecular complexity index is 452. The van der Waals surface area contributed by atoms with Crippen LogP contribution in [0.15, 0.2) is 10.7 Å². The second kappa shape index (κ2) is 5.37. The van der Waals surface area contributed by atoms with E-state index in [9.17, 15) is 5.11 Å². The van der Waals surface area contributed by atoms with Gasteiger partial charge in [-0.3, -0.25) is 0 Å². The average molecular weight is 328 g/mol. The van der Waals surface area contributed by atoms with Crippen LogP contribution >= 0.6 is 15.9 Å². The van der Waals surface area contributed by atoms with E-state index in [-0.39, 0.29) is 11.5 Å². The molecule has 5 heteroatoms. The maximum Gasteiger partial charge on any atom is 0.137 e. The number of hydrogen-bond acceptors (Lipinski definition) is 4. The Hall–Kier alpha value is -0.680. The van der Waals surface area contributed by atoms with Gasteiger partial charge in [-0.25, -0.2) is 9.97 Å². The number of rotatable bonds is 3. The molecule has 2 rings (SSSR count). The topological polar surface area (TPSA) is 49.2 Å². The molecule has 1 aromatic rings. The number of aliphatic hydroxyl groups is 1. The molecule has 0 atom stereocenters. The van der Waals surface area contributed by atoms with Gasteiger partial charge in [0.25, 0.3) is 0 Å². The predicted octanol–water partition coefficient (Wildman–Crippen LogP) is 2.74. The number of nitrogens with zero attached hydrogens (tertiary/aromatic N) is 3. The van der Waals surface area contributed by atoms with Crippen LogP contribution in [0.25, 0.3) is 0 Å². The summed E-state index contributed by atoms with van der Waals surface area (Å²) < 4.78 is 0.822. The smallest absolute Gasteiger partial charge is 0.137 e. The fourth-order valence-electron chi connectivity index (χ4n) is 2.27. The highest BCUT2D eigenvalue weighted by molar-refractivity contribution is 9.10. The maximum absolute atomic E-state index is 9.35. The van der Waals surface area contributed by atoms with Crippen LogP contribution < -0.4 is 4.90 Å². The van der Waals surface area contributed by atoms with Crippen molar-refractivity contribution >= 4 is 21.7 Å². The predicted molar refractivity (Wildman–Crippen MR) is 80.4 cm³/mol. The van der Waals surface area contributed by atoms with Crippen LogP contribution in [0.3, 0.4) is 0 Å². The molecule has 0 radical (unpaired) electrons. The molecule has 4 nitrogen and oxygen atoms in total. The molecule has 106 valence electrons. The van der Waals surface area contributed by atoms with Gasteiger partial charge in [-0.2, -0.15) is 0 Å². The summed E-state index contributed by atoms with van der Waals surface area (Å²) in [5, 5.41) is 9.35. The van der Waals surface area contributed by atoms with E-state index in [1.165, 1.54) is 0 Å². The first-order valence-electron chi connectivity index (χ1n) is 6.70. The van der Waals surface area contributed by atoms with E-state index in [0.717, 1.165) is 35.6 Å². The SMILES string of the molecule is CN(CC1CC(O)C1)c1cc(Br)nc(C(C)(C)C)n1. The molecule has 0 unspecified atom stereocenters. The van der Waals surface area contributed by atoms with Crippen molar-refractivity contribution in [1.82, 2.24) is 9.97 Å². The normalized spacial score (nSPS) is 23.1. The summed E-state index contributed by atoms with van der Waals surface area (Å²) in [5.74, 6) is 2.36. The molecule has 1 aromatic heterocycles. The minimum atomic E-state index is -0.0966. The average Bonchev–Trinajstić information content (AvgIpc) is 2.24. The van der Waals surface area contributed by atoms with Gasteiger partial charge in [0.2, 0.25) is 0 Å². The van der Waals surface area contributed by atoms with Crippen LogP contribution in [-0.2, 0) is 5.41 Å². The molecule has 1 fully saturated rings. The largest absolute Gasteiger partial charge is 0.393 e. The third-order valence-electron chi connectivity index (χ3n) is 3.49. The van der Waals surface area contributed by atoms with Crippen LogP contribution in [0.1, 0.15) is 39.4 Å². The molecule has 1 aliphatic rings. The lowest BCUT2D eigenvalue weighted by molar-refractivity contribution is 0.0464. The fraction of sp³-hybridized carbons (Fsp3) is 0.714. The molecule has 0 amide bonds. The van der Waals surface area contributed by atoms with Crippen molar-refractivity contribution in [2.24, 2.45) is 5.92 Å². The highest BCUT2D eigenvalue weighted by Crippen LogP contribution is 2.30. The Balaban J connectivity index is 2.12. The molecule has 1 saturated carbocycles. The standard InChI is InChI=1S/C14H22BrN3O/c1-14(2,3)13-16-11(15)7-12(17-13)18(4)8-9-5-10(19)6-9/h7,9-10,19H,5-6,8H2,1-4H3. The Kier molecular flexibility index (Phi) is 4.16. The third-order valence-corrected chi connectivity index (χ3v) is 3.89. The molecule has 0 saturated heterocycles. The summed E-state index contributed by atoms with van der Waals surface area (Å²) in [6.45, 7) is 7.27. The zero-order chi connectivity index (χ0) is 14.2. The van der Waals surface area contributed by atoms with Crippen LogP contribution in [0, 0.1) is 5.92 Å². The second-order valence-corrected chi connectivity index (χ2v) is 7.31.